The Balaban J connectivity index is 0.00000288. The van der Waals surface area contributed by atoms with Gasteiger partial charge in [-0.2, -0.15) is 0 Å². The molecule has 1 atom stereocenters. The third-order valence-corrected chi connectivity index (χ3v) is 4.12. The molecule has 0 bridgehead atoms. The van der Waals surface area contributed by atoms with E-state index in [0.717, 1.165) is 17.0 Å². The summed E-state index contributed by atoms with van der Waals surface area (Å²) in [5, 5.41) is 3.13. The van der Waals surface area contributed by atoms with Crippen LogP contribution in [-0.4, -0.2) is 16.9 Å². The molecule has 3 N–H and O–H groups in total. The molecule has 0 saturated heterocycles. The molecule has 4 nitrogen and oxygen atoms in total. The first-order chi connectivity index (χ1) is 10.8. The monoisotopic (exact) mass is 375 g/mol. The van der Waals surface area contributed by atoms with Gasteiger partial charge in [0.2, 0.25) is 5.91 Å². The molecule has 1 aromatic heterocycles. The van der Waals surface area contributed by atoms with E-state index in [1.165, 1.54) is 17.4 Å². The van der Waals surface area contributed by atoms with Gasteiger partial charge in [0.05, 0.1) is 6.04 Å². The van der Waals surface area contributed by atoms with E-state index in [1.807, 2.05) is 13.8 Å². The van der Waals surface area contributed by atoms with Crippen LogP contribution in [0.1, 0.15) is 30.7 Å². The Kier molecular flexibility index (Phi) is 7.72. The highest BCUT2D eigenvalue weighted by molar-refractivity contribution is 7.15. The minimum atomic E-state index is -0.875. The van der Waals surface area contributed by atoms with Gasteiger partial charge in [0, 0.05) is 17.5 Å². The van der Waals surface area contributed by atoms with E-state index in [9.17, 15) is 13.6 Å². The minimum absolute atomic E-state index is 0. The first-order valence-electron chi connectivity index (χ1n) is 7.30. The quantitative estimate of drug-likeness (QED) is 0.808. The Bertz CT molecular complexity index is 694. The highest BCUT2D eigenvalue weighted by Gasteiger charge is 2.16. The van der Waals surface area contributed by atoms with Crippen molar-refractivity contribution in [2.24, 2.45) is 11.7 Å². The van der Waals surface area contributed by atoms with E-state index >= 15 is 0 Å². The number of carbonyl (C=O) groups excluding carboxylic acids is 1. The fraction of sp³-hybridized carbons (Fsp3) is 0.375. The Hall–Kier alpha value is -1.57. The van der Waals surface area contributed by atoms with Gasteiger partial charge in [0.15, 0.2) is 16.8 Å². The summed E-state index contributed by atoms with van der Waals surface area (Å²) in [6.45, 7) is 3.99. The number of nitrogens with zero attached hydrogens (tertiary/aromatic N) is 1. The third kappa shape index (κ3) is 5.81. The molecule has 132 valence electrons. The van der Waals surface area contributed by atoms with Crippen LogP contribution in [0.25, 0.3) is 0 Å². The maximum absolute atomic E-state index is 13.2. The third-order valence-electron chi connectivity index (χ3n) is 3.21. The zero-order valence-electron chi connectivity index (χ0n) is 13.4. The zero-order valence-corrected chi connectivity index (χ0v) is 15.0. The first-order valence-corrected chi connectivity index (χ1v) is 8.12. The van der Waals surface area contributed by atoms with Crippen molar-refractivity contribution < 1.29 is 13.6 Å². The number of benzene rings is 1. The number of rotatable bonds is 6. The van der Waals surface area contributed by atoms with E-state index in [0.29, 0.717) is 29.5 Å². The zero-order chi connectivity index (χ0) is 17.0. The van der Waals surface area contributed by atoms with Crippen LogP contribution in [0.3, 0.4) is 0 Å². The molecule has 0 saturated carbocycles. The van der Waals surface area contributed by atoms with Crippen LogP contribution < -0.4 is 11.1 Å². The summed E-state index contributed by atoms with van der Waals surface area (Å²) in [5.41, 5.74) is 6.46. The normalized spacial score (nSPS) is 11.9. The molecule has 0 fully saturated rings. The van der Waals surface area contributed by atoms with Gasteiger partial charge in [0.25, 0.3) is 0 Å². The van der Waals surface area contributed by atoms with Crippen LogP contribution in [-0.2, 0) is 11.2 Å². The lowest BCUT2D eigenvalue weighted by Crippen LogP contribution is -2.36. The van der Waals surface area contributed by atoms with Crippen molar-refractivity contribution >= 4 is 34.8 Å². The van der Waals surface area contributed by atoms with Crippen LogP contribution in [0, 0.1) is 17.6 Å². The lowest BCUT2D eigenvalue weighted by molar-refractivity contribution is -0.117. The number of anilines is 1. The molecule has 0 unspecified atom stereocenters. The molecule has 24 heavy (non-hydrogen) atoms. The number of hydrogen-bond acceptors (Lipinski definition) is 4. The van der Waals surface area contributed by atoms with E-state index in [2.05, 4.69) is 10.3 Å². The summed E-state index contributed by atoms with van der Waals surface area (Å²) < 4.78 is 26.1. The predicted molar refractivity (Wildman–Crippen MR) is 94.6 cm³/mol. The largest absolute Gasteiger partial charge is 0.320 e. The van der Waals surface area contributed by atoms with Crippen LogP contribution in [0.2, 0.25) is 0 Å². The van der Waals surface area contributed by atoms with Gasteiger partial charge in [-0.1, -0.05) is 19.9 Å². The molecule has 0 aliphatic carbocycles. The highest BCUT2D eigenvalue weighted by atomic mass is 35.5. The number of hydrogen-bond donors (Lipinski definition) is 2. The lowest BCUT2D eigenvalue weighted by atomic mass is 10.0. The molecule has 2 rings (SSSR count). The van der Waals surface area contributed by atoms with Gasteiger partial charge >= 0.3 is 0 Å². The summed E-state index contributed by atoms with van der Waals surface area (Å²) in [6.07, 6.45) is 2.62. The van der Waals surface area contributed by atoms with E-state index < -0.39 is 17.7 Å². The van der Waals surface area contributed by atoms with Gasteiger partial charge < -0.3 is 11.1 Å². The number of halogens is 3. The second-order valence-electron chi connectivity index (χ2n) is 5.78. The topological polar surface area (TPSA) is 68.0 Å². The molecule has 1 aromatic carbocycles. The van der Waals surface area contributed by atoms with Crippen LogP contribution in [0.4, 0.5) is 13.9 Å². The average molecular weight is 376 g/mol. The maximum atomic E-state index is 13.2. The SMILES string of the molecule is CC(C)C[C@H](N)C(=O)Nc1ncc(Cc2ccc(F)c(F)c2)s1.Cl. The second kappa shape index (κ2) is 9.05. The minimum Gasteiger partial charge on any atom is -0.320 e. The summed E-state index contributed by atoms with van der Waals surface area (Å²) in [4.78, 5) is 16.9. The number of nitrogens with two attached hydrogens (primary N) is 1. The number of amides is 1. The summed E-state index contributed by atoms with van der Waals surface area (Å²) in [6, 6.07) is 3.20. The van der Waals surface area contributed by atoms with E-state index in [1.54, 1.807) is 6.20 Å². The van der Waals surface area contributed by atoms with E-state index in [4.69, 9.17) is 5.73 Å². The van der Waals surface area contributed by atoms with Crippen molar-refractivity contribution in [3.8, 4) is 0 Å². The second-order valence-corrected chi connectivity index (χ2v) is 6.90. The van der Waals surface area contributed by atoms with Gasteiger partial charge in [-0.15, -0.1) is 23.7 Å². The van der Waals surface area contributed by atoms with Gasteiger partial charge in [-0.05, 0) is 30.0 Å². The lowest BCUT2D eigenvalue weighted by Gasteiger charge is -2.12. The van der Waals surface area contributed by atoms with Crippen LogP contribution in [0.15, 0.2) is 24.4 Å². The molecule has 2 aromatic rings. The Morgan fingerprint density at radius 1 is 1.33 bits per heavy atom. The smallest absolute Gasteiger partial charge is 0.243 e. The summed E-state index contributed by atoms with van der Waals surface area (Å²) in [7, 11) is 0. The molecular formula is C16H20ClF2N3OS. The number of carbonyl (C=O) groups is 1. The van der Waals surface area contributed by atoms with Crippen molar-refractivity contribution in [3.63, 3.8) is 0 Å². The van der Waals surface area contributed by atoms with E-state index in [-0.39, 0.29) is 18.3 Å². The first kappa shape index (κ1) is 20.5. The Morgan fingerprint density at radius 2 is 2.04 bits per heavy atom. The molecular weight excluding hydrogens is 356 g/mol. The Labute approximate surface area is 149 Å². The summed E-state index contributed by atoms with van der Waals surface area (Å²) in [5.74, 6) is -1.69. The van der Waals surface area contributed by atoms with Crippen molar-refractivity contribution in [1.82, 2.24) is 4.98 Å². The molecule has 8 heteroatoms. The average Bonchev–Trinajstić information content (AvgIpc) is 2.89. The fourth-order valence-corrected chi connectivity index (χ4v) is 2.96. The van der Waals surface area contributed by atoms with Gasteiger partial charge in [0.1, 0.15) is 0 Å². The Morgan fingerprint density at radius 3 is 2.67 bits per heavy atom. The molecule has 1 amide bonds. The maximum Gasteiger partial charge on any atom is 0.243 e. The molecule has 0 aliphatic rings. The van der Waals surface area contributed by atoms with Crippen molar-refractivity contribution in [2.45, 2.75) is 32.7 Å². The predicted octanol–water partition coefficient (Wildman–Crippen LogP) is 3.75. The van der Waals surface area contributed by atoms with Crippen molar-refractivity contribution in [2.75, 3.05) is 5.32 Å². The van der Waals surface area contributed by atoms with Crippen molar-refractivity contribution in [1.29, 1.82) is 0 Å². The standard InChI is InChI=1S/C16H19F2N3OS.ClH/c1-9(2)5-14(19)15(22)21-16-20-8-11(23-16)6-10-3-4-12(17)13(18)7-10;/h3-4,7-9,14H,5-6,19H2,1-2H3,(H,20,21,22);1H/t14-;/m0./s1. The van der Waals surface area contributed by atoms with Crippen molar-refractivity contribution in [3.05, 3.63) is 46.5 Å². The molecule has 0 spiro atoms. The molecule has 0 radical (unpaired) electrons. The summed E-state index contributed by atoms with van der Waals surface area (Å²) >= 11 is 1.29. The number of thiazole rings is 1. The number of aromatic nitrogens is 1. The van der Waals surface area contributed by atoms with Gasteiger partial charge in [-0.25, -0.2) is 13.8 Å². The van der Waals surface area contributed by atoms with Gasteiger partial charge in [-0.3, -0.25) is 4.79 Å². The number of nitrogens with one attached hydrogen (secondary N) is 1. The molecule has 1 heterocycles. The molecule has 0 aliphatic heterocycles. The van der Waals surface area contributed by atoms with Crippen LogP contribution in [0.5, 0.6) is 0 Å². The fourth-order valence-electron chi connectivity index (χ4n) is 2.11. The van der Waals surface area contributed by atoms with Crippen LogP contribution >= 0.6 is 23.7 Å². The highest BCUT2D eigenvalue weighted by Crippen LogP contribution is 2.22.